The van der Waals surface area contributed by atoms with Crippen LogP contribution in [-0.4, -0.2) is 37.6 Å². The molecule has 2 aliphatic heterocycles. The third-order valence-corrected chi connectivity index (χ3v) is 5.33. The zero-order valence-corrected chi connectivity index (χ0v) is 13.5. The quantitative estimate of drug-likeness (QED) is 0.914. The highest BCUT2D eigenvalue weighted by Gasteiger charge is 2.21. The molecular weight excluding hydrogens is 256 g/mol. The first-order valence-electron chi connectivity index (χ1n) is 8.82. The number of benzene rings is 1. The molecule has 2 saturated heterocycles. The van der Waals surface area contributed by atoms with Crippen LogP contribution in [0.15, 0.2) is 24.3 Å². The van der Waals surface area contributed by atoms with Gasteiger partial charge in [0.25, 0.3) is 0 Å². The van der Waals surface area contributed by atoms with Crippen molar-refractivity contribution in [3.63, 3.8) is 0 Å². The standard InChI is InChI=1S/C19H30N2/c1-21-13-6-8-16(11-14-21)19-10-3-2-7-17(19)15-18-9-4-5-12-20-18/h2-3,7,10,16,18,20H,4-6,8-9,11-15H2,1H3. The van der Waals surface area contributed by atoms with Gasteiger partial charge in [0.2, 0.25) is 0 Å². The van der Waals surface area contributed by atoms with Crippen molar-refractivity contribution in [2.75, 3.05) is 26.7 Å². The van der Waals surface area contributed by atoms with Crippen LogP contribution in [0.2, 0.25) is 0 Å². The summed E-state index contributed by atoms with van der Waals surface area (Å²) in [6, 6.07) is 9.94. The number of nitrogens with one attached hydrogen (secondary N) is 1. The van der Waals surface area contributed by atoms with Crippen molar-refractivity contribution >= 4 is 0 Å². The predicted octanol–water partition coefficient (Wildman–Crippen LogP) is 3.57. The molecule has 2 heteroatoms. The summed E-state index contributed by atoms with van der Waals surface area (Å²) in [5.74, 6) is 0.773. The van der Waals surface area contributed by atoms with Crippen molar-refractivity contribution in [3.05, 3.63) is 35.4 Å². The summed E-state index contributed by atoms with van der Waals surface area (Å²) < 4.78 is 0. The van der Waals surface area contributed by atoms with Gasteiger partial charge in [-0.25, -0.2) is 0 Å². The largest absolute Gasteiger partial charge is 0.314 e. The Bertz CT molecular complexity index is 437. The molecule has 21 heavy (non-hydrogen) atoms. The van der Waals surface area contributed by atoms with E-state index in [0.29, 0.717) is 6.04 Å². The van der Waals surface area contributed by atoms with Gasteiger partial charge in [-0.1, -0.05) is 30.7 Å². The average molecular weight is 286 g/mol. The van der Waals surface area contributed by atoms with Gasteiger partial charge in [-0.3, -0.25) is 0 Å². The van der Waals surface area contributed by atoms with Gasteiger partial charge in [0.15, 0.2) is 0 Å². The molecule has 2 fully saturated rings. The second-order valence-electron chi connectivity index (χ2n) is 6.98. The van der Waals surface area contributed by atoms with E-state index in [-0.39, 0.29) is 0 Å². The van der Waals surface area contributed by atoms with Gasteiger partial charge in [-0.15, -0.1) is 0 Å². The Labute approximate surface area is 129 Å². The molecular formula is C19H30N2. The maximum Gasteiger partial charge on any atom is 0.0108 e. The van der Waals surface area contributed by atoms with E-state index in [4.69, 9.17) is 0 Å². The fraction of sp³-hybridized carbons (Fsp3) is 0.684. The van der Waals surface area contributed by atoms with Crippen LogP contribution in [0.25, 0.3) is 0 Å². The summed E-state index contributed by atoms with van der Waals surface area (Å²) >= 11 is 0. The van der Waals surface area contributed by atoms with E-state index in [9.17, 15) is 0 Å². The highest BCUT2D eigenvalue weighted by molar-refractivity contribution is 5.31. The zero-order chi connectivity index (χ0) is 14.5. The molecule has 0 spiro atoms. The number of piperidine rings is 1. The van der Waals surface area contributed by atoms with Crippen molar-refractivity contribution in [2.24, 2.45) is 0 Å². The molecule has 2 atom stereocenters. The van der Waals surface area contributed by atoms with Crippen LogP contribution in [0, 0.1) is 0 Å². The lowest BCUT2D eigenvalue weighted by atomic mass is 9.85. The van der Waals surface area contributed by atoms with Gasteiger partial charge in [-0.05, 0) is 82.3 Å². The van der Waals surface area contributed by atoms with Crippen LogP contribution in [-0.2, 0) is 6.42 Å². The number of hydrogen-bond donors (Lipinski definition) is 1. The van der Waals surface area contributed by atoms with Gasteiger partial charge >= 0.3 is 0 Å². The highest BCUT2D eigenvalue weighted by atomic mass is 15.1. The second kappa shape index (κ2) is 7.42. The minimum atomic E-state index is 0.702. The third-order valence-electron chi connectivity index (χ3n) is 5.33. The summed E-state index contributed by atoms with van der Waals surface area (Å²) in [6.07, 6.45) is 9.35. The summed E-state index contributed by atoms with van der Waals surface area (Å²) in [5, 5.41) is 3.71. The molecule has 1 N–H and O–H groups in total. The molecule has 0 aromatic heterocycles. The fourth-order valence-electron chi connectivity index (χ4n) is 4.03. The lowest BCUT2D eigenvalue weighted by molar-refractivity contribution is 0.347. The summed E-state index contributed by atoms with van der Waals surface area (Å²) in [7, 11) is 2.26. The number of nitrogens with zero attached hydrogens (tertiary/aromatic N) is 1. The molecule has 2 nitrogen and oxygen atoms in total. The zero-order valence-electron chi connectivity index (χ0n) is 13.5. The number of likely N-dealkylation sites (tertiary alicyclic amines) is 1. The Morgan fingerprint density at radius 2 is 1.95 bits per heavy atom. The first-order valence-corrected chi connectivity index (χ1v) is 8.82. The van der Waals surface area contributed by atoms with Crippen molar-refractivity contribution in [1.29, 1.82) is 0 Å². The molecule has 0 radical (unpaired) electrons. The van der Waals surface area contributed by atoms with E-state index < -0.39 is 0 Å². The van der Waals surface area contributed by atoms with Crippen molar-refractivity contribution in [1.82, 2.24) is 10.2 Å². The van der Waals surface area contributed by atoms with Gasteiger partial charge in [0.1, 0.15) is 0 Å². The molecule has 116 valence electrons. The van der Waals surface area contributed by atoms with E-state index >= 15 is 0 Å². The summed E-state index contributed by atoms with van der Waals surface area (Å²) in [4.78, 5) is 2.49. The van der Waals surface area contributed by atoms with Gasteiger partial charge in [0, 0.05) is 6.04 Å². The predicted molar refractivity (Wildman–Crippen MR) is 89.9 cm³/mol. The third kappa shape index (κ3) is 4.08. The molecule has 2 heterocycles. The maximum atomic E-state index is 3.71. The minimum Gasteiger partial charge on any atom is -0.314 e. The lowest BCUT2D eigenvalue weighted by Crippen LogP contribution is -2.35. The molecule has 2 unspecified atom stereocenters. The van der Waals surface area contributed by atoms with Crippen molar-refractivity contribution in [2.45, 2.75) is 56.9 Å². The number of rotatable bonds is 3. The topological polar surface area (TPSA) is 15.3 Å². The molecule has 0 amide bonds. The van der Waals surface area contributed by atoms with Gasteiger partial charge < -0.3 is 10.2 Å². The van der Waals surface area contributed by atoms with Crippen LogP contribution in [0.3, 0.4) is 0 Å². The molecule has 0 bridgehead atoms. The van der Waals surface area contributed by atoms with E-state index in [0.717, 1.165) is 5.92 Å². The van der Waals surface area contributed by atoms with E-state index in [1.54, 1.807) is 11.1 Å². The molecule has 3 rings (SSSR count). The van der Waals surface area contributed by atoms with Crippen molar-refractivity contribution < 1.29 is 0 Å². The van der Waals surface area contributed by atoms with Gasteiger partial charge in [-0.2, -0.15) is 0 Å². The Hall–Kier alpha value is -0.860. The SMILES string of the molecule is CN1CCCC(c2ccccc2CC2CCCCN2)CC1. The highest BCUT2D eigenvalue weighted by Crippen LogP contribution is 2.31. The average Bonchev–Trinajstić information content (AvgIpc) is 2.74. The summed E-state index contributed by atoms with van der Waals surface area (Å²) in [6.45, 7) is 3.73. The van der Waals surface area contributed by atoms with Crippen LogP contribution in [0.5, 0.6) is 0 Å². The molecule has 1 aromatic carbocycles. The summed E-state index contributed by atoms with van der Waals surface area (Å²) in [5.41, 5.74) is 3.24. The monoisotopic (exact) mass is 286 g/mol. The Kier molecular flexibility index (Phi) is 5.32. The van der Waals surface area contributed by atoms with E-state index in [2.05, 4.69) is 41.5 Å². The van der Waals surface area contributed by atoms with Gasteiger partial charge in [0.05, 0.1) is 0 Å². The van der Waals surface area contributed by atoms with E-state index in [1.807, 2.05) is 0 Å². The Morgan fingerprint density at radius 3 is 2.81 bits per heavy atom. The second-order valence-corrected chi connectivity index (χ2v) is 6.98. The fourth-order valence-corrected chi connectivity index (χ4v) is 4.03. The van der Waals surface area contributed by atoms with E-state index in [1.165, 1.54) is 64.6 Å². The van der Waals surface area contributed by atoms with Crippen LogP contribution in [0.4, 0.5) is 0 Å². The molecule has 2 aliphatic rings. The lowest BCUT2D eigenvalue weighted by Gasteiger charge is -2.26. The first kappa shape index (κ1) is 15.1. The molecule has 0 saturated carbocycles. The van der Waals surface area contributed by atoms with Crippen molar-refractivity contribution in [3.8, 4) is 0 Å². The first-order chi connectivity index (χ1) is 10.3. The molecule has 1 aromatic rings. The Morgan fingerprint density at radius 1 is 1.05 bits per heavy atom. The number of hydrogen-bond acceptors (Lipinski definition) is 2. The maximum absolute atomic E-state index is 3.71. The van der Waals surface area contributed by atoms with Crippen LogP contribution >= 0.6 is 0 Å². The minimum absolute atomic E-state index is 0.702. The van der Waals surface area contributed by atoms with Crippen LogP contribution < -0.4 is 5.32 Å². The smallest absolute Gasteiger partial charge is 0.0108 e. The Balaban J connectivity index is 1.72. The molecule has 0 aliphatic carbocycles. The van der Waals surface area contributed by atoms with Crippen LogP contribution in [0.1, 0.15) is 55.6 Å². The normalized spacial score (nSPS) is 28.2.